The monoisotopic (exact) mass is 441 g/mol. The summed E-state index contributed by atoms with van der Waals surface area (Å²) in [6.45, 7) is -0.139. The van der Waals surface area contributed by atoms with E-state index in [1.165, 1.54) is 37.2 Å². The molecule has 0 N–H and O–H groups in total. The molecule has 3 rings (SSSR count). The first kappa shape index (κ1) is 21.4. The fourth-order valence-electron chi connectivity index (χ4n) is 2.44. The lowest BCUT2D eigenvalue weighted by atomic mass is 10.1. The molecule has 11 heteroatoms. The molecule has 2 aromatic carbocycles. The molecule has 0 aliphatic rings. The van der Waals surface area contributed by atoms with Crippen LogP contribution in [0.5, 0.6) is 5.75 Å². The van der Waals surface area contributed by atoms with E-state index >= 15 is 0 Å². The highest BCUT2D eigenvalue weighted by molar-refractivity contribution is 6.30. The molecule has 0 saturated heterocycles. The Morgan fingerprint density at radius 3 is 2.47 bits per heavy atom. The molecular weight excluding hydrogens is 427 g/mol. The first-order valence-corrected chi connectivity index (χ1v) is 8.85. The molecule has 158 valence electrons. The number of hydrogen-bond acceptors (Lipinski definition) is 5. The highest BCUT2D eigenvalue weighted by atomic mass is 35.5. The summed E-state index contributed by atoms with van der Waals surface area (Å²) in [6.07, 6.45) is -5.11. The van der Waals surface area contributed by atoms with Crippen LogP contribution in [0.15, 0.2) is 51.7 Å². The summed E-state index contributed by atoms with van der Waals surface area (Å²) < 4.78 is 49.4. The van der Waals surface area contributed by atoms with Gasteiger partial charge in [-0.1, -0.05) is 11.6 Å². The van der Waals surface area contributed by atoms with E-state index in [-0.39, 0.29) is 23.7 Å². The smallest absolute Gasteiger partial charge is 0.410 e. The number of nitrogens with zero attached hydrogens (tertiary/aromatic N) is 3. The Morgan fingerprint density at radius 2 is 1.87 bits per heavy atom. The summed E-state index contributed by atoms with van der Waals surface area (Å²) in [5, 5.41) is 4.36. The number of hydrogen-bond donors (Lipinski definition) is 0. The van der Waals surface area contributed by atoms with Crippen molar-refractivity contribution in [2.24, 2.45) is 0 Å². The Bertz CT molecular complexity index is 1120. The van der Waals surface area contributed by atoms with Gasteiger partial charge in [0.05, 0.1) is 12.1 Å². The summed E-state index contributed by atoms with van der Waals surface area (Å²) in [7, 11) is 3.02. The summed E-state index contributed by atoms with van der Waals surface area (Å²) >= 11 is 6.00. The molecule has 1 heterocycles. The Hall–Kier alpha value is -3.27. The minimum absolute atomic E-state index is 0.139. The third kappa shape index (κ3) is 4.82. The van der Waals surface area contributed by atoms with Crippen molar-refractivity contribution in [2.75, 3.05) is 14.1 Å². The molecule has 1 aromatic heterocycles. The Balaban J connectivity index is 1.89. The van der Waals surface area contributed by atoms with Crippen LogP contribution in [0, 0.1) is 0 Å². The largest absolute Gasteiger partial charge is 0.437 e. The number of carbonyl (C=O) groups is 1. The highest BCUT2D eigenvalue weighted by Gasteiger charge is 2.30. The lowest BCUT2D eigenvalue weighted by Crippen LogP contribution is -2.26. The molecule has 0 radical (unpaired) electrons. The first-order chi connectivity index (χ1) is 14.0. The Morgan fingerprint density at radius 1 is 1.20 bits per heavy atom. The van der Waals surface area contributed by atoms with Crippen molar-refractivity contribution in [1.82, 2.24) is 14.7 Å². The molecule has 0 saturated carbocycles. The van der Waals surface area contributed by atoms with E-state index in [1.807, 2.05) is 0 Å². The summed E-state index contributed by atoms with van der Waals surface area (Å²) in [6, 6.07) is 8.53. The second-order valence-corrected chi connectivity index (χ2v) is 6.86. The van der Waals surface area contributed by atoms with Crippen molar-refractivity contribution < 1.29 is 27.1 Å². The molecule has 30 heavy (non-hydrogen) atoms. The van der Waals surface area contributed by atoms with Crippen molar-refractivity contribution in [3.8, 4) is 17.2 Å². The predicted octanol–water partition coefficient (Wildman–Crippen LogP) is 4.28. The standard InChI is InChI=1S/C19H15ClF3N3O4/c1-25(2)17(27)29-15-8-7-14(20)9-12(15)10-26-18(28)30-16(24-26)11-3-5-13(6-4-11)19(21,22)23/h3-9H,10H2,1-2H3. The molecule has 0 bridgehead atoms. The maximum absolute atomic E-state index is 12.7. The fourth-order valence-corrected chi connectivity index (χ4v) is 2.64. The lowest BCUT2D eigenvalue weighted by Gasteiger charge is -2.13. The van der Waals surface area contributed by atoms with Crippen molar-refractivity contribution in [1.29, 1.82) is 0 Å². The molecule has 0 fully saturated rings. The van der Waals surface area contributed by atoms with E-state index in [0.29, 0.717) is 10.6 Å². The molecule has 0 unspecified atom stereocenters. The number of carbonyl (C=O) groups excluding carboxylic acids is 1. The molecule has 0 aliphatic heterocycles. The number of rotatable bonds is 4. The molecule has 7 nitrogen and oxygen atoms in total. The van der Waals surface area contributed by atoms with Gasteiger partial charge in [0.15, 0.2) is 0 Å². The normalized spacial score (nSPS) is 11.4. The van der Waals surface area contributed by atoms with Crippen molar-refractivity contribution in [3.63, 3.8) is 0 Å². The second-order valence-electron chi connectivity index (χ2n) is 6.42. The zero-order chi connectivity index (χ0) is 22.1. The van der Waals surface area contributed by atoms with Gasteiger partial charge in [0.25, 0.3) is 0 Å². The number of aromatic nitrogens is 2. The maximum atomic E-state index is 12.7. The first-order valence-electron chi connectivity index (χ1n) is 8.48. The van der Waals surface area contributed by atoms with Crippen LogP contribution in [-0.4, -0.2) is 34.9 Å². The lowest BCUT2D eigenvalue weighted by molar-refractivity contribution is -0.137. The minimum Gasteiger partial charge on any atom is -0.410 e. The topological polar surface area (TPSA) is 77.6 Å². The van der Waals surface area contributed by atoms with E-state index in [9.17, 15) is 22.8 Å². The van der Waals surface area contributed by atoms with Gasteiger partial charge in [0.1, 0.15) is 5.75 Å². The van der Waals surface area contributed by atoms with Gasteiger partial charge in [-0.25, -0.2) is 9.59 Å². The van der Waals surface area contributed by atoms with Crippen LogP contribution in [-0.2, 0) is 12.7 Å². The fraction of sp³-hybridized carbons (Fsp3) is 0.211. The van der Waals surface area contributed by atoms with E-state index in [0.717, 1.165) is 28.9 Å². The van der Waals surface area contributed by atoms with Crippen LogP contribution in [0.3, 0.4) is 0 Å². The number of benzene rings is 2. The molecule has 0 atom stereocenters. The second kappa shape index (κ2) is 8.23. The van der Waals surface area contributed by atoms with Gasteiger partial charge in [-0.2, -0.15) is 17.9 Å². The quantitative estimate of drug-likeness (QED) is 0.603. The summed E-state index contributed by atoms with van der Waals surface area (Å²) in [4.78, 5) is 25.2. The SMILES string of the molecule is CN(C)C(=O)Oc1ccc(Cl)cc1Cn1nc(-c2ccc(C(F)(F)F)cc2)oc1=O. The van der Waals surface area contributed by atoms with Crippen LogP contribution in [0.4, 0.5) is 18.0 Å². The van der Waals surface area contributed by atoms with Crippen molar-refractivity contribution >= 4 is 17.7 Å². The third-order valence-corrected chi connectivity index (χ3v) is 4.21. The van der Waals surface area contributed by atoms with E-state index in [1.54, 1.807) is 0 Å². The van der Waals surface area contributed by atoms with Gasteiger partial charge in [-0.05, 0) is 42.5 Å². The third-order valence-electron chi connectivity index (χ3n) is 3.97. The van der Waals surface area contributed by atoms with Crippen molar-refractivity contribution in [3.05, 3.63) is 69.2 Å². The van der Waals surface area contributed by atoms with E-state index < -0.39 is 23.6 Å². The predicted molar refractivity (Wildman–Crippen MR) is 101 cm³/mol. The van der Waals surface area contributed by atoms with Crippen LogP contribution in [0.2, 0.25) is 5.02 Å². The van der Waals surface area contributed by atoms with Gasteiger partial charge in [-0.15, -0.1) is 5.10 Å². The van der Waals surface area contributed by atoms with Crippen LogP contribution in [0.1, 0.15) is 11.1 Å². The molecule has 3 aromatic rings. The van der Waals surface area contributed by atoms with Gasteiger partial charge >= 0.3 is 18.0 Å². The summed E-state index contributed by atoms with van der Waals surface area (Å²) in [5.74, 6) is -0.818. The average Bonchev–Trinajstić information content (AvgIpc) is 3.03. The molecule has 0 aliphatic carbocycles. The van der Waals surface area contributed by atoms with E-state index in [2.05, 4.69) is 5.10 Å². The Kier molecular flexibility index (Phi) is 5.88. The molecular formula is C19H15ClF3N3O4. The Labute approximate surface area is 173 Å². The zero-order valence-corrected chi connectivity index (χ0v) is 16.5. The van der Waals surface area contributed by atoms with Crippen LogP contribution in [0.25, 0.3) is 11.5 Å². The van der Waals surface area contributed by atoms with Gasteiger partial charge in [0.2, 0.25) is 5.89 Å². The molecule has 1 amide bonds. The van der Waals surface area contributed by atoms with Crippen LogP contribution >= 0.6 is 11.6 Å². The highest BCUT2D eigenvalue weighted by Crippen LogP contribution is 2.30. The van der Waals surface area contributed by atoms with Gasteiger partial charge < -0.3 is 14.1 Å². The summed E-state index contributed by atoms with van der Waals surface area (Å²) in [5.41, 5.74) is -0.254. The number of halogens is 4. The van der Waals surface area contributed by atoms with Gasteiger partial charge in [-0.3, -0.25) is 0 Å². The van der Waals surface area contributed by atoms with Crippen LogP contribution < -0.4 is 10.5 Å². The average molecular weight is 442 g/mol. The maximum Gasteiger partial charge on any atom is 0.437 e. The zero-order valence-electron chi connectivity index (χ0n) is 15.7. The number of amides is 1. The molecule has 0 spiro atoms. The number of ether oxygens (including phenoxy) is 1. The van der Waals surface area contributed by atoms with E-state index in [4.69, 9.17) is 20.8 Å². The van der Waals surface area contributed by atoms with Crippen molar-refractivity contribution in [2.45, 2.75) is 12.7 Å². The minimum atomic E-state index is -4.48. The number of alkyl halides is 3. The van der Waals surface area contributed by atoms with Gasteiger partial charge in [0, 0.05) is 30.2 Å².